The molecule has 1 unspecified atom stereocenters. The molecule has 1 atom stereocenters. The highest BCUT2D eigenvalue weighted by atomic mass is 19.1. The third-order valence-electron chi connectivity index (χ3n) is 3.61. The van der Waals surface area contributed by atoms with Crippen molar-refractivity contribution in [1.82, 2.24) is 5.43 Å². The van der Waals surface area contributed by atoms with Crippen LogP contribution in [0.15, 0.2) is 54.6 Å². The lowest BCUT2D eigenvalue weighted by Crippen LogP contribution is -2.41. The van der Waals surface area contributed by atoms with Gasteiger partial charge in [-0.1, -0.05) is 56.3 Å². The van der Waals surface area contributed by atoms with E-state index >= 15 is 0 Å². The van der Waals surface area contributed by atoms with E-state index in [-0.39, 0.29) is 17.3 Å². The van der Waals surface area contributed by atoms with Gasteiger partial charge >= 0.3 is 0 Å². The minimum Gasteiger partial charge on any atom is -0.271 e. The van der Waals surface area contributed by atoms with Crippen molar-refractivity contribution in [2.24, 2.45) is 5.84 Å². The highest BCUT2D eigenvalue weighted by molar-refractivity contribution is 5.31. The van der Waals surface area contributed by atoms with Crippen molar-refractivity contribution >= 4 is 0 Å². The fourth-order valence-corrected chi connectivity index (χ4v) is 2.41. The third kappa shape index (κ3) is 2.83. The van der Waals surface area contributed by atoms with Crippen LogP contribution in [-0.4, -0.2) is 0 Å². The number of hydrogen-bond donors (Lipinski definition) is 2. The number of benzene rings is 2. The van der Waals surface area contributed by atoms with Gasteiger partial charge < -0.3 is 0 Å². The van der Waals surface area contributed by atoms with E-state index in [4.69, 9.17) is 5.84 Å². The predicted octanol–water partition coefficient (Wildman–Crippen LogP) is 3.31. The lowest BCUT2D eigenvalue weighted by molar-refractivity contribution is 0.352. The van der Waals surface area contributed by atoms with E-state index in [0.717, 1.165) is 11.1 Å². The molecule has 0 amide bonds. The van der Waals surface area contributed by atoms with Gasteiger partial charge in [-0.25, -0.2) is 4.39 Å². The van der Waals surface area contributed by atoms with Gasteiger partial charge in [0.05, 0.1) is 6.04 Å². The van der Waals surface area contributed by atoms with E-state index in [9.17, 15) is 4.39 Å². The highest BCUT2D eigenvalue weighted by Crippen LogP contribution is 2.36. The summed E-state index contributed by atoms with van der Waals surface area (Å²) in [5, 5.41) is 0. The van der Waals surface area contributed by atoms with Crippen molar-refractivity contribution < 1.29 is 4.39 Å². The number of hydrogen-bond acceptors (Lipinski definition) is 2. The van der Waals surface area contributed by atoms with Crippen LogP contribution < -0.4 is 11.3 Å². The van der Waals surface area contributed by atoms with E-state index in [1.807, 2.05) is 42.5 Å². The second kappa shape index (κ2) is 5.51. The molecule has 0 aromatic heterocycles. The van der Waals surface area contributed by atoms with Gasteiger partial charge in [-0.05, 0) is 23.3 Å². The summed E-state index contributed by atoms with van der Waals surface area (Å²) in [7, 11) is 0. The Morgan fingerprint density at radius 3 is 2.11 bits per heavy atom. The van der Waals surface area contributed by atoms with Crippen molar-refractivity contribution in [1.29, 1.82) is 0 Å². The second-order valence-electron chi connectivity index (χ2n) is 5.24. The first-order chi connectivity index (χ1) is 9.05. The van der Waals surface area contributed by atoms with Gasteiger partial charge in [-0.3, -0.25) is 11.3 Å². The Labute approximate surface area is 113 Å². The highest BCUT2D eigenvalue weighted by Gasteiger charge is 2.31. The molecule has 0 saturated heterocycles. The van der Waals surface area contributed by atoms with Crippen LogP contribution in [-0.2, 0) is 5.41 Å². The first-order valence-corrected chi connectivity index (χ1v) is 6.33. The molecule has 0 saturated carbocycles. The largest absolute Gasteiger partial charge is 0.271 e. The first-order valence-electron chi connectivity index (χ1n) is 6.33. The predicted molar refractivity (Wildman–Crippen MR) is 75.9 cm³/mol. The molecular formula is C16H19FN2. The summed E-state index contributed by atoms with van der Waals surface area (Å²) in [5.74, 6) is 5.51. The first kappa shape index (κ1) is 13.7. The summed E-state index contributed by atoms with van der Waals surface area (Å²) in [5.41, 5.74) is 4.78. The average molecular weight is 258 g/mol. The summed E-state index contributed by atoms with van der Waals surface area (Å²) in [4.78, 5) is 0. The summed E-state index contributed by atoms with van der Waals surface area (Å²) in [6, 6.07) is 16.6. The quantitative estimate of drug-likeness (QED) is 0.652. The second-order valence-corrected chi connectivity index (χ2v) is 5.24. The minimum absolute atomic E-state index is 0.0424. The molecule has 3 heteroatoms. The SMILES string of the molecule is CC(C)(c1ccc(F)cc1)C(NN)c1ccccc1. The minimum atomic E-state index is -0.246. The van der Waals surface area contributed by atoms with Crippen LogP contribution in [0.25, 0.3) is 0 Å². The number of rotatable bonds is 4. The molecule has 0 aliphatic rings. The van der Waals surface area contributed by atoms with Gasteiger partial charge in [0.25, 0.3) is 0 Å². The fraction of sp³-hybridized carbons (Fsp3) is 0.250. The molecular weight excluding hydrogens is 239 g/mol. The van der Waals surface area contributed by atoms with Crippen LogP contribution in [0.5, 0.6) is 0 Å². The Balaban J connectivity index is 2.38. The summed E-state index contributed by atoms with van der Waals surface area (Å²) < 4.78 is 13.0. The molecule has 0 fully saturated rings. The van der Waals surface area contributed by atoms with Gasteiger partial charge in [0.1, 0.15) is 5.82 Å². The van der Waals surface area contributed by atoms with E-state index in [1.165, 1.54) is 12.1 Å². The van der Waals surface area contributed by atoms with Crippen molar-refractivity contribution in [3.8, 4) is 0 Å². The molecule has 2 aromatic rings. The van der Waals surface area contributed by atoms with Crippen LogP contribution in [0.4, 0.5) is 4.39 Å². The van der Waals surface area contributed by atoms with Gasteiger partial charge in [0.2, 0.25) is 0 Å². The molecule has 2 nitrogen and oxygen atoms in total. The van der Waals surface area contributed by atoms with Crippen LogP contribution in [0.1, 0.15) is 31.0 Å². The summed E-state index contributed by atoms with van der Waals surface area (Å²) in [6.07, 6.45) is 0. The Morgan fingerprint density at radius 1 is 1.00 bits per heavy atom. The summed E-state index contributed by atoms with van der Waals surface area (Å²) in [6.45, 7) is 4.19. The zero-order valence-corrected chi connectivity index (χ0v) is 11.2. The molecule has 0 aliphatic heterocycles. The van der Waals surface area contributed by atoms with E-state index in [0.29, 0.717) is 0 Å². The van der Waals surface area contributed by atoms with Crippen LogP contribution >= 0.6 is 0 Å². The van der Waals surface area contributed by atoms with Crippen LogP contribution in [0.2, 0.25) is 0 Å². The maximum Gasteiger partial charge on any atom is 0.123 e. The topological polar surface area (TPSA) is 38.0 Å². The fourth-order valence-electron chi connectivity index (χ4n) is 2.41. The Kier molecular flexibility index (Phi) is 3.98. The van der Waals surface area contributed by atoms with Crippen LogP contribution in [0, 0.1) is 5.82 Å². The van der Waals surface area contributed by atoms with Gasteiger partial charge in [0.15, 0.2) is 0 Å². The van der Waals surface area contributed by atoms with E-state index < -0.39 is 0 Å². The molecule has 0 bridgehead atoms. The number of hydrazine groups is 1. The van der Waals surface area contributed by atoms with Crippen molar-refractivity contribution in [3.05, 3.63) is 71.5 Å². The van der Waals surface area contributed by atoms with Gasteiger partial charge in [-0.15, -0.1) is 0 Å². The standard InChI is InChI=1S/C16H19FN2/c1-16(2,13-8-10-14(17)11-9-13)15(19-18)12-6-4-3-5-7-12/h3-11,15,19H,18H2,1-2H3. The van der Waals surface area contributed by atoms with Gasteiger partial charge in [-0.2, -0.15) is 0 Å². The van der Waals surface area contributed by atoms with Crippen molar-refractivity contribution in [2.75, 3.05) is 0 Å². The number of nitrogens with one attached hydrogen (secondary N) is 1. The average Bonchev–Trinajstić information content (AvgIpc) is 2.41. The Hall–Kier alpha value is -1.71. The lowest BCUT2D eigenvalue weighted by Gasteiger charge is -2.35. The van der Waals surface area contributed by atoms with Gasteiger partial charge in [0, 0.05) is 5.41 Å². The maximum absolute atomic E-state index is 13.0. The molecule has 0 heterocycles. The van der Waals surface area contributed by atoms with Crippen LogP contribution in [0.3, 0.4) is 0 Å². The molecule has 0 spiro atoms. The maximum atomic E-state index is 13.0. The number of nitrogens with two attached hydrogens (primary N) is 1. The smallest absolute Gasteiger partial charge is 0.123 e. The molecule has 100 valence electrons. The lowest BCUT2D eigenvalue weighted by atomic mass is 9.75. The van der Waals surface area contributed by atoms with E-state index in [2.05, 4.69) is 19.3 Å². The normalized spacial score (nSPS) is 13.3. The monoisotopic (exact) mass is 258 g/mol. The molecule has 0 radical (unpaired) electrons. The van der Waals surface area contributed by atoms with E-state index in [1.54, 1.807) is 0 Å². The Bertz CT molecular complexity index is 520. The zero-order valence-electron chi connectivity index (χ0n) is 11.2. The molecule has 2 rings (SSSR count). The molecule has 3 N–H and O–H groups in total. The molecule has 2 aromatic carbocycles. The molecule has 0 aliphatic carbocycles. The summed E-state index contributed by atoms with van der Waals surface area (Å²) >= 11 is 0. The third-order valence-corrected chi connectivity index (χ3v) is 3.61. The zero-order chi connectivity index (χ0) is 13.9. The number of halogens is 1. The van der Waals surface area contributed by atoms with Crippen molar-refractivity contribution in [2.45, 2.75) is 25.3 Å². The van der Waals surface area contributed by atoms with Crippen molar-refractivity contribution in [3.63, 3.8) is 0 Å². The molecule has 19 heavy (non-hydrogen) atoms. The Morgan fingerprint density at radius 2 is 1.58 bits per heavy atom.